The molecule has 0 saturated heterocycles. The third kappa shape index (κ3) is 12.2. The lowest BCUT2D eigenvalue weighted by molar-refractivity contribution is 0.509. The van der Waals surface area contributed by atoms with Crippen molar-refractivity contribution in [3.05, 3.63) is 0 Å². The molecular weight excluding hydrogens is 204 g/mol. The van der Waals surface area contributed by atoms with E-state index < -0.39 is 0 Å². The van der Waals surface area contributed by atoms with E-state index in [1.54, 1.807) is 0 Å². The Morgan fingerprint density at radius 3 is 1.73 bits per heavy atom. The molecule has 0 nitrogen and oxygen atoms in total. The second kappa shape index (κ2) is 12.4. The number of alkyl halides is 1. The van der Waals surface area contributed by atoms with E-state index >= 15 is 0 Å². The molecule has 1 heteroatoms. The minimum atomic E-state index is 0.719. The van der Waals surface area contributed by atoms with E-state index in [1.807, 2.05) is 0 Å². The van der Waals surface area contributed by atoms with Gasteiger partial charge in [0.05, 0.1) is 0 Å². The third-order valence-electron chi connectivity index (χ3n) is 3.06. The Morgan fingerprint density at radius 1 is 0.800 bits per heavy atom. The fourth-order valence-corrected chi connectivity index (χ4v) is 2.03. The summed E-state index contributed by atoms with van der Waals surface area (Å²) in [5.41, 5.74) is 0. The van der Waals surface area contributed by atoms with Gasteiger partial charge in [0.2, 0.25) is 0 Å². The molecule has 15 heavy (non-hydrogen) atoms. The average Bonchev–Trinajstić information content (AvgIpc) is 2.26. The Balaban J connectivity index is 2.92. The van der Waals surface area contributed by atoms with Crippen molar-refractivity contribution in [2.24, 2.45) is 5.92 Å². The van der Waals surface area contributed by atoms with Gasteiger partial charge in [-0.15, -0.1) is 11.6 Å². The van der Waals surface area contributed by atoms with Gasteiger partial charge >= 0.3 is 0 Å². The van der Waals surface area contributed by atoms with E-state index in [4.69, 9.17) is 11.6 Å². The van der Waals surface area contributed by atoms with Crippen LogP contribution < -0.4 is 0 Å². The van der Waals surface area contributed by atoms with Crippen molar-refractivity contribution in [2.75, 3.05) is 5.88 Å². The molecule has 0 radical (unpaired) electrons. The lowest BCUT2D eigenvalue weighted by atomic mass is 10.0. The zero-order valence-electron chi connectivity index (χ0n) is 10.7. The summed E-state index contributed by atoms with van der Waals surface area (Å²) in [6.07, 6.45) is 14.1. The molecule has 1 unspecified atom stereocenters. The quantitative estimate of drug-likeness (QED) is 0.313. The van der Waals surface area contributed by atoms with Crippen molar-refractivity contribution in [2.45, 2.75) is 78.1 Å². The summed E-state index contributed by atoms with van der Waals surface area (Å²) < 4.78 is 0. The summed E-state index contributed by atoms with van der Waals surface area (Å²) in [5, 5.41) is 0. The Morgan fingerprint density at radius 2 is 1.27 bits per heavy atom. The Kier molecular flexibility index (Phi) is 12.6. The SMILES string of the molecule is CCCCCCCCCCCC(C)CCl. The molecule has 1 atom stereocenters. The fourth-order valence-electron chi connectivity index (χ4n) is 1.88. The zero-order chi connectivity index (χ0) is 11.4. The van der Waals surface area contributed by atoms with Crippen LogP contribution >= 0.6 is 11.6 Å². The van der Waals surface area contributed by atoms with Gasteiger partial charge in [0.25, 0.3) is 0 Å². The number of halogens is 1. The first kappa shape index (κ1) is 15.3. The van der Waals surface area contributed by atoms with Crippen LogP contribution in [0.15, 0.2) is 0 Å². The first-order valence-electron chi connectivity index (χ1n) is 6.87. The van der Waals surface area contributed by atoms with Gasteiger partial charge in [-0.3, -0.25) is 0 Å². The van der Waals surface area contributed by atoms with Crippen molar-refractivity contribution >= 4 is 11.6 Å². The van der Waals surface area contributed by atoms with Gasteiger partial charge in [0, 0.05) is 5.88 Å². The first-order chi connectivity index (χ1) is 7.31. The standard InChI is InChI=1S/C14H29Cl/c1-3-4-5-6-7-8-9-10-11-12-14(2)13-15/h14H,3-13H2,1-2H3. The largest absolute Gasteiger partial charge is 0.126 e. The van der Waals surface area contributed by atoms with Crippen molar-refractivity contribution < 1.29 is 0 Å². The summed E-state index contributed by atoms with van der Waals surface area (Å²) in [7, 11) is 0. The lowest BCUT2D eigenvalue weighted by Gasteiger charge is -2.06. The molecule has 0 aliphatic heterocycles. The average molecular weight is 233 g/mol. The Labute approximate surface area is 102 Å². The molecule has 0 aromatic heterocycles. The Bertz CT molecular complexity index is 112. The van der Waals surface area contributed by atoms with Crippen LogP contribution in [0, 0.1) is 5.92 Å². The molecule has 0 bridgehead atoms. The van der Waals surface area contributed by atoms with Gasteiger partial charge < -0.3 is 0 Å². The molecule has 0 aliphatic carbocycles. The van der Waals surface area contributed by atoms with E-state index in [0.29, 0.717) is 0 Å². The summed E-state index contributed by atoms with van der Waals surface area (Å²) in [4.78, 5) is 0. The highest BCUT2D eigenvalue weighted by Gasteiger charge is 1.98. The molecule has 0 saturated carbocycles. The summed E-state index contributed by atoms with van der Waals surface area (Å²) >= 11 is 5.76. The maximum absolute atomic E-state index is 5.76. The van der Waals surface area contributed by atoms with Gasteiger partial charge in [-0.1, -0.05) is 71.6 Å². The summed E-state index contributed by atoms with van der Waals surface area (Å²) in [6, 6.07) is 0. The minimum Gasteiger partial charge on any atom is -0.126 e. The number of rotatable bonds is 11. The summed E-state index contributed by atoms with van der Waals surface area (Å²) in [5.74, 6) is 1.55. The highest BCUT2D eigenvalue weighted by Crippen LogP contribution is 2.13. The molecule has 92 valence electrons. The zero-order valence-corrected chi connectivity index (χ0v) is 11.5. The van der Waals surface area contributed by atoms with Crippen LogP contribution in [-0.2, 0) is 0 Å². The molecule has 0 amide bonds. The third-order valence-corrected chi connectivity index (χ3v) is 3.59. The van der Waals surface area contributed by atoms with Crippen LogP contribution in [0.25, 0.3) is 0 Å². The van der Waals surface area contributed by atoms with Crippen LogP contribution in [0.2, 0.25) is 0 Å². The van der Waals surface area contributed by atoms with Crippen LogP contribution in [0.5, 0.6) is 0 Å². The van der Waals surface area contributed by atoms with Crippen molar-refractivity contribution in [1.29, 1.82) is 0 Å². The van der Waals surface area contributed by atoms with Crippen LogP contribution in [0.1, 0.15) is 78.1 Å². The predicted octanol–water partition coefficient (Wildman–Crippen LogP) is 5.78. The second-order valence-electron chi connectivity index (χ2n) is 4.88. The highest BCUT2D eigenvalue weighted by atomic mass is 35.5. The lowest BCUT2D eigenvalue weighted by Crippen LogP contribution is -1.95. The summed E-state index contributed by atoms with van der Waals surface area (Å²) in [6.45, 7) is 4.52. The van der Waals surface area contributed by atoms with Crippen molar-refractivity contribution in [3.63, 3.8) is 0 Å². The molecular formula is C14H29Cl. The number of hydrogen-bond acceptors (Lipinski definition) is 0. The van der Waals surface area contributed by atoms with E-state index in [-0.39, 0.29) is 0 Å². The maximum atomic E-state index is 5.76. The number of hydrogen-bond donors (Lipinski definition) is 0. The minimum absolute atomic E-state index is 0.719. The monoisotopic (exact) mass is 232 g/mol. The van der Waals surface area contributed by atoms with Crippen LogP contribution in [-0.4, -0.2) is 5.88 Å². The van der Waals surface area contributed by atoms with Crippen molar-refractivity contribution in [1.82, 2.24) is 0 Å². The molecule has 0 rings (SSSR count). The van der Waals surface area contributed by atoms with E-state index in [9.17, 15) is 0 Å². The maximum Gasteiger partial charge on any atom is 0.0249 e. The molecule has 0 heterocycles. The molecule has 0 aromatic carbocycles. The van der Waals surface area contributed by atoms with Crippen LogP contribution in [0.3, 0.4) is 0 Å². The van der Waals surface area contributed by atoms with Crippen LogP contribution in [0.4, 0.5) is 0 Å². The van der Waals surface area contributed by atoms with Gasteiger partial charge in [-0.05, 0) is 12.3 Å². The molecule has 0 spiro atoms. The smallest absolute Gasteiger partial charge is 0.0249 e. The molecule has 0 aliphatic rings. The molecule has 0 aromatic rings. The molecule has 0 fully saturated rings. The van der Waals surface area contributed by atoms with E-state index in [1.165, 1.54) is 64.2 Å². The van der Waals surface area contributed by atoms with Gasteiger partial charge in [0.15, 0.2) is 0 Å². The van der Waals surface area contributed by atoms with Crippen molar-refractivity contribution in [3.8, 4) is 0 Å². The first-order valence-corrected chi connectivity index (χ1v) is 7.40. The van der Waals surface area contributed by atoms with Gasteiger partial charge in [-0.2, -0.15) is 0 Å². The second-order valence-corrected chi connectivity index (χ2v) is 5.19. The topological polar surface area (TPSA) is 0 Å². The fraction of sp³-hybridized carbons (Fsp3) is 1.00. The van der Waals surface area contributed by atoms with E-state index in [2.05, 4.69) is 13.8 Å². The highest BCUT2D eigenvalue weighted by molar-refractivity contribution is 6.18. The number of unbranched alkanes of at least 4 members (excludes halogenated alkanes) is 8. The van der Waals surface area contributed by atoms with Gasteiger partial charge in [-0.25, -0.2) is 0 Å². The normalized spacial score (nSPS) is 13.0. The predicted molar refractivity (Wildman–Crippen MR) is 71.7 cm³/mol. The molecule has 0 N–H and O–H groups in total. The van der Waals surface area contributed by atoms with E-state index in [0.717, 1.165) is 11.8 Å². The van der Waals surface area contributed by atoms with Gasteiger partial charge in [0.1, 0.15) is 0 Å². The Hall–Kier alpha value is 0.290.